The smallest absolute Gasteiger partial charge is 0.188 e. The second-order valence-electron chi connectivity index (χ2n) is 12.1. The summed E-state index contributed by atoms with van der Waals surface area (Å²) in [6.45, 7) is 7.02. The fourth-order valence-electron chi connectivity index (χ4n) is 6.53. The molecule has 264 valence electrons. The van der Waals surface area contributed by atoms with Gasteiger partial charge in [-0.2, -0.15) is 0 Å². The van der Waals surface area contributed by atoms with Gasteiger partial charge < -0.3 is 47.7 Å². The Labute approximate surface area is 299 Å². The third-order valence-electron chi connectivity index (χ3n) is 8.40. The molecule has 4 aromatic rings. The molecule has 0 amide bonds. The Bertz CT molecular complexity index is 1860. The summed E-state index contributed by atoms with van der Waals surface area (Å²) in [5.41, 5.74) is 10.6. The normalized spacial score (nSPS) is 12.5. The molecule has 10 nitrogen and oxygen atoms in total. The second kappa shape index (κ2) is 16.6. The van der Waals surface area contributed by atoms with Crippen molar-refractivity contribution < 1.29 is 37.9 Å². The standard InChI is InChI=1S/C41H42N2O8/c1-28-17-30(13-15-32-9-7-11-36(48-24-44-3)40(32)50-26-46-5)19-34-21-43-23-42(38(28)34)22-35-20-31(18-29(2)39(35)43)14-16-33-10-8-12-37(49-25-45-4)41(33)51-27-47-6/h7-12,17-20H,21-27H2,1-6H3. The Morgan fingerprint density at radius 3 is 1.35 bits per heavy atom. The van der Waals surface area contributed by atoms with Crippen LogP contribution < -0.4 is 28.7 Å². The maximum absolute atomic E-state index is 5.85. The van der Waals surface area contributed by atoms with Gasteiger partial charge in [0.25, 0.3) is 0 Å². The molecule has 2 heterocycles. The van der Waals surface area contributed by atoms with Crippen molar-refractivity contribution in [3.05, 3.63) is 105 Å². The Balaban J connectivity index is 1.27. The highest BCUT2D eigenvalue weighted by Gasteiger charge is 2.32. The Hall–Kier alpha value is -5.36. The molecule has 0 spiro atoms. The maximum Gasteiger partial charge on any atom is 0.188 e. The largest absolute Gasteiger partial charge is 0.464 e. The first-order chi connectivity index (χ1) is 24.9. The number of methoxy groups -OCH3 is 4. The first-order valence-corrected chi connectivity index (χ1v) is 16.5. The number of aryl methyl sites for hydroxylation is 2. The molecular weight excluding hydrogens is 648 g/mol. The van der Waals surface area contributed by atoms with Crippen molar-refractivity contribution in [3.8, 4) is 46.7 Å². The van der Waals surface area contributed by atoms with Crippen LogP contribution in [0.2, 0.25) is 0 Å². The number of benzene rings is 4. The van der Waals surface area contributed by atoms with Crippen LogP contribution >= 0.6 is 0 Å². The number of nitrogens with zero attached hydrogens (tertiary/aromatic N) is 2. The summed E-state index contributed by atoms with van der Waals surface area (Å²) < 4.78 is 43.6. The van der Waals surface area contributed by atoms with Crippen LogP contribution in [0.1, 0.15) is 44.5 Å². The van der Waals surface area contributed by atoms with E-state index >= 15 is 0 Å². The van der Waals surface area contributed by atoms with E-state index in [0.29, 0.717) is 34.1 Å². The van der Waals surface area contributed by atoms with Crippen LogP contribution in [0.4, 0.5) is 11.4 Å². The van der Waals surface area contributed by atoms with Crippen LogP contribution in [0.5, 0.6) is 23.0 Å². The SMILES string of the molecule is COCOc1cccc(C#Cc2cc(C)c3c(c2)CN2CN3Cc3cc(C#Cc4cccc(OCOC)c4OCOC)cc(C)c32)c1OCOC. The van der Waals surface area contributed by atoms with Crippen molar-refractivity contribution in [2.45, 2.75) is 26.9 Å². The molecule has 4 aromatic carbocycles. The molecule has 0 atom stereocenters. The van der Waals surface area contributed by atoms with Crippen LogP contribution in [0, 0.1) is 37.5 Å². The number of ether oxygens (including phenoxy) is 8. The van der Waals surface area contributed by atoms with Crippen LogP contribution in [0.25, 0.3) is 0 Å². The fraction of sp³-hybridized carbons (Fsp3) is 0.317. The van der Waals surface area contributed by atoms with Gasteiger partial charge in [-0.05, 0) is 84.6 Å². The molecule has 6 rings (SSSR count). The number of rotatable bonds is 12. The summed E-state index contributed by atoms with van der Waals surface area (Å²) in [6, 6.07) is 19.9. The van der Waals surface area contributed by atoms with Gasteiger partial charge in [-0.15, -0.1) is 0 Å². The fourth-order valence-corrected chi connectivity index (χ4v) is 6.53. The third kappa shape index (κ3) is 8.01. The first-order valence-electron chi connectivity index (χ1n) is 16.5. The van der Waals surface area contributed by atoms with Gasteiger partial charge in [-0.1, -0.05) is 35.8 Å². The second-order valence-corrected chi connectivity index (χ2v) is 12.1. The topological polar surface area (TPSA) is 80.3 Å². The minimum Gasteiger partial charge on any atom is -0.464 e. The molecule has 10 heteroatoms. The summed E-state index contributed by atoms with van der Waals surface area (Å²) in [5.74, 6) is 15.5. The molecule has 51 heavy (non-hydrogen) atoms. The van der Waals surface area contributed by atoms with Crippen molar-refractivity contribution in [2.24, 2.45) is 0 Å². The van der Waals surface area contributed by atoms with Gasteiger partial charge in [0.05, 0.1) is 17.8 Å². The highest BCUT2D eigenvalue weighted by molar-refractivity contribution is 5.74. The molecule has 0 fully saturated rings. The van der Waals surface area contributed by atoms with E-state index in [4.69, 9.17) is 37.9 Å². The van der Waals surface area contributed by atoms with E-state index in [1.54, 1.807) is 28.4 Å². The lowest BCUT2D eigenvalue weighted by molar-refractivity contribution is 0.0321. The number of hydrogen-bond acceptors (Lipinski definition) is 10. The summed E-state index contributed by atoms with van der Waals surface area (Å²) in [5, 5.41) is 0. The number of anilines is 2. The molecule has 0 unspecified atom stereocenters. The molecule has 0 N–H and O–H groups in total. The van der Waals surface area contributed by atoms with E-state index in [0.717, 1.165) is 30.9 Å². The molecule has 0 aliphatic carbocycles. The molecule has 2 bridgehead atoms. The molecule has 2 aliphatic heterocycles. The van der Waals surface area contributed by atoms with Crippen LogP contribution in [0.15, 0.2) is 60.7 Å². The van der Waals surface area contributed by atoms with Crippen molar-refractivity contribution in [1.29, 1.82) is 0 Å². The summed E-state index contributed by atoms with van der Waals surface area (Å²) in [4.78, 5) is 4.87. The lowest BCUT2D eigenvalue weighted by atomic mass is 9.94. The zero-order chi connectivity index (χ0) is 35.7. The predicted molar refractivity (Wildman–Crippen MR) is 194 cm³/mol. The maximum atomic E-state index is 5.85. The van der Waals surface area contributed by atoms with Crippen LogP contribution in [0.3, 0.4) is 0 Å². The monoisotopic (exact) mass is 690 g/mol. The number of para-hydroxylation sites is 2. The van der Waals surface area contributed by atoms with Crippen molar-refractivity contribution in [1.82, 2.24) is 0 Å². The zero-order valence-electron chi connectivity index (χ0n) is 29.9. The third-order valence-corrected chi connectivity index (χ3v) is 8.40. The van der Waals surface area contributed by atoms with E-state index in [-0.39, 0.29) is 27.2 Å². The number of hydrogen-bond donors (Lipinski definition) is 0. The predicted octanol–water partition coefficient (Wildman–Crippen LogP) is 6.33. The van der Waals surface area contributed by atoms with Gasteiger partial charge in [-0.25, -0.2) is 0 Å². The van der Waals surface area contributed by atoms with E-state index < -0.39 is 0 Å². The molecule has 0 saturated carbocycles. The van der Waals surface area contributed by atoms with E-state index in [1.807, 2.05) is 36.4 Å². The Morgan fingerprint density at radius 1 is 0.529 bits per heavy atom. The van der Waals surface area contributed by atoms with Crippen molar-refractivity contribution in [3.63, 3.8) is 0 Å². The first kappa shape index (κ1) is 35.5. The Morgan fingerprint density at radius 2 is 0.941 bits per heavy atom. The molecule has 2 aliphatic rings. The minimum atomic E-state index is 0.0734. The quantitative estimate of drug-likeness (QED) is 0.124. The average molecular weight is 691 g/mol. The molecule has 0 radical (unpaired) electrons. The lowest BCUT2D eigenvalue weighted by Gasteiger charge is -2.46. The van der Waals surface area contributed by atoms with Crippen molar-refractivity contribution in [2.75, 3.05) is 72.1 Å². The van der Waals surface area contributed by atoms with E-state index in [1.165, 1.54) is 33.6 Å². The van der Waals surface area contributed by atoms with E-state index in [9.17, 15) is 0 Å². The van der Waals surface area contributed by atoms with Gasteiger partial charge in [-0.3, -0.25) is 0 Å². The highest BCUT2D eigenvalue weighted by atomic mass is 16.7. The summed E-state index contributed by atoms with van der Waals surface area (Å²) in [6.07, 6.45) is 0. The number of fused-ring (bicyclic) bond motifs is 6. The zero-order valence-corrected chi connectivity index (χ0v) is 29.9. The highest BCUT2D eigenvalue weighted by Crippen LogP contribution is 2.42. The van der Waals surface area contributed by atoms with Gasteiger partial charge in [0, 0.05) is 64.0 Å². The van der Waals surface area contributed by atoms with Gasteiger partial charge in [0.2, 0.25) is 0 Å². The molecule has 0 aromatic heterocycles. The van der Waals surface area contributed by atoms with Gasteiger partial charge in [0.15, 0.2) is 50.2 Å². The molecule has 0 saturated heterocycles. The average Bonchev–Trinajstić information content (AvgIpc) is 3.12. The molecular formula is C41H42N2O8. The van der Waals surface area contributed by atoms with Crippen LogP contribution in [-0.2, 0) is 32.0 Å². The van der Waals surface area contributed by atoms with Gasteiger partial charge in [0.1, 0.15) is 0 Å². The van der Waals surface area contributed by atoms with E-state index in [2.05, 4.69) is 71.6 Å². The lowest BCUT2D eigenvalue weighted by Crippen LogP contribution is -2.46. The Kier molecular flexibility index (Phi) is 11.5. The van der Waals surface area contributed by atoms with Crippen molar-refractivity contribution >= 4 is 11.4 Å². The van der Waals surface area contributed by atoms with Gasteiger partial charge >= 0.3 is 0 Å². The summed E-state index contributed by atoms with van der Waals surface area (Å²) >= 11 is 0. The summed E-state index contributed by atoms with van der Waals surface area (Å²) in [7, 11) is 6.30. The minimum absolute atomic E-state index is 0.0734. The van der Waals surface area contributed by atoms with Crippen LogP contribution in [-0.4, -0.2) is 62.3 Å².